The predicted molar refractivity (Wildman–Crippen MR) is 117 cm³/mol. The number of rotatable bonds is 14. The van der Waals surface area contributed by atoms with Gasteiger partial charge >= 0.3 is 47.6 Å². The van der Waals surface area contributed by atoms with Crippen LogP contribution in [-0.4, -0.2) is 58.5 Å². The van der Waals surface area contributed by atoms with Crippen LogP contribution in [0.2, 0.25) is 0 Å². The lowest BCUT2D eigenvalue weighted by Gasteiger charge is -2.50. The fourth-order valence-electron chi connectivity index (χ4n) is 4.62. The van der Waals surface area contributed by atoms with E-state index in [-0.39, 0.29) is 9.24 Å². The van der Waals surface area contributed by atoms with Crippen molar-refractivity contribution in [3.8, 4) is 0 Å². The first-order chi connectivity index (χ1) is 17.5. The van der Waals surface area contributed by atoms with Gasteiger partial charge in [-0.05, 0) is 46.3 Å². The Kier molecular flexibility index (Phi) is 11.0. The highest BCUT2D eigenvalue weighted by Crippen LogP contribution is 2.67. The third-order valence-corrected chi connectivity index (χ3v) is 7.49. The van der Waals surface area contributed by atoms with Crippen molar-refractivity contribution in [1.82, 2.24) is 0 Å². The summed E-state index contributed by atoms with van der Waals surface area (Å²) in [5, 5.41) is -2.80. The Balaban J connectivity index is 7.57. The summed E-state index contributed by atoms with van der Waals surface area (Å²) in [6.07, 6.45) is -11.3. The zero-order chi connectivity index (χ0) is 33.9. The average Bonchev–Trinajstić information content (AvgIpc) is 2.69. The van der Waals surface area contributed by atoms with Crippen LogP contribution in [0, 0.1) is 17.8 Å². The molecule has 41 heavy (non-hydrogen) atoms. The summed E-state index contributed by atoms with van der Waals surface area (Å²) in [7, 11) is 0.272. The first-order valence-electron chi connectivity index (χ1n) is 11.8. The normalized spacial score (nSPS) is 17.6. The summed E-state index contributed by atoms with van der Waals surface area (Å²) in [5.41, 5.74) is -4.97. The Hall–Kier alpha value is -0.830. The van der Waals surface area contributed by atoms with E-state index in [1.165, 1.54) is 27.7 Å². The molecule has 19 heteroatoms. The van der Waals surface area contributed by atoms with Crippen LogP contribution in [0.3, 0.4) is 0 Å². The van der Waals surface area contributed by atoms with E-state index >= 15 is 13.2 Å². The lowest BCUT2D eigenvalue weighted by atomic mass is 9.68. The Labute approximate surface area is 226 Å². The minimum Gasteiger partial charge on any atom is -0.232 e. The van der Waals surface area contributed by atoms with E-state index < -0.39 is 95.5 Å². The van der Waals surface area contributed by atoms with Crippen molar-refractivity contribution >= 4 is 9.24 Å². The summed E-state index contributed by atoms with van der Waals surface area (Å²) in [4.78, 5) is 0. The van der Waals surface area contributed by atoms with Crippen molar-refractivity contribution in [2.24, 2.45) is 17.8 Å². The molecule has 0 radical (unpaired) electrons. The van der Waals surface area contributed by atoms with E-state index in [4.69, 9.17) is 0 Å². The molecule has 0 fully saturated rings. The molecule has 0 bridgehead atoms. The monoisotopic (exact) mass is 667 g/mol. The topological polar surface area (TPSA) is 0 Å². The molecule has 0 N–H and O–H groups in total. The van der Waals surface area contributed by atoms with Gasteiger partial charge in [0, 0.05) is 0 Å². The maximum Gasteiger partial charge on any atom is 0.460 e. The van der Waals surface area contributed by atoms with E-state index in [0.717, 1.165) is 13.8 Å². The fraction of sp³-hybridized carbons (Fsp3) is 1.00. The quantitative estimate of drug-likeness (QED) is 0.128. The van der Waals surface area contributed by atoms with Gasteiger partial charge in [-0.15, -0.1) is 0 Å². The molecule has 2 unspecified atom stereocenters. The molecule has 0 saturated carbocycles. The average molecular weight is 667 g/mol. The Bertz CT molecular complexity index is 879. The van der Waals surface area contributed by atoms with Crippen molar-refractivity contribution in [2.75, 3.05) is 0 Å². The van der Waals surface area contributed by atoms with E-state index in [2.05, 4.69) is 0 Å². The minimum absolute atomic E-state index is 0.272. The van der Waals surface area contributed by atoms with Gasteiger partial charge in [0.05, 0.1) is 0 Å². The Morgan fingerprint density at radius 1 is 0.366 bits per heavy atom. The summed E-state index contributed by atoms with van der Waals surface area (Å²) < 4.78 is 252. The molecule has 0 aromatic carbocycles. The first-order valence-corrected chi connectivity index (χ1v) is 12.5. The van der Waals surface area contributed by atoms with Gasteiger partial charge in [-0.1, -0.05) is 41.5 Å². The van der Waals surface area contributed by atoms with E-state index in [9.17, 15) is 65.9 Å². The summed E-state index contributed by atoms with van der Waals surface area (Å²) >= 11 is 0. The highest BCUT2D eigenvalue weighted by Gasteiger charge is 2.97. The number of halogens is 18. The van der Waals surface area contributed by atoms with Crippen molar-refractivity contribution in [3.05, 3.63) is 0 Å². The van der Waals surface area contributed by atoms with Crippen LogP contribution >= 0.6 is 9.24 Å². The first kappa shape index (κ1) is 40.2. The van der Waals surface area contributed by atoms with Crippen LogP contribution in [0.15, 0.2) is 0 Å². The predicted octanol–water partition coefficient (Wildman–Crippen LogP) is 10.2. The van der Waals surface area contributed by atoms with E-state index in [1.807, 2.05) is 0 Å². The van der Waals surface area contributed by atoms with Crippen LogP contribution in [0.5, 0.6) is 0 Å². The van der Waals surface area contributed by atoms with Crippen LogP contribution in [-0.2, 0) is 0 Å². The number of alkyl halides is 18. The van der Waals surface area contributed by atoms with E-state index in [1.54, 1.807) is 0 Å². The molecule has 0 spiro atoms. The SMILES string of the molecule is CC(C)CC([PH3+])(CC(C)C)C(F)(CC(C)C)C(F)(F)C(F)(F)C(F)(F)C(F)(F)C(F)(F)C(F)(F)C(F)(F)C(F)(F)F. The third-order valence-electron chi connectivity index (χ3n) is 6.35. The van der Waals surface area contributed by atoms with Gasteiger partial charge in [0.2, 0.25) is 5.67 Å². The zero-order valence-electron chi connectivity index (χ0n) is 22.4. The second-order valence-electron chi connectivity index (χ2n) is 11.4. The zero-order valence-corrected chi connectivity index (χ0v) is 23.8. The Morgan fingerprint density at radius 2 is 0.585 bits per heavy atom. The number of hydrogen-bond donors (Lipinski definition) is 0. The van der Waals surface area contributed by atoms with Gasteiger partial charge in [0.1, 0.15) is 5.16 Å². The lowest BCUT2D eigenvalue weighted by Crippen LogP contribution is -2.77. The molecule has 2 atom stereocenters. The molecule has 0 aromatic heterocycles. The third kappa shape index (κ3) is 5.98. The maximum absolute atomic E-state index is 16.5. The molecule has 0 saturated heterocycles. The van der Waals surface area contributed by atoms with Gasteiger partial charge < -0.3 is 0 Å². The highest BCUT2D eigenvalue weighted by atomic mass is 31.0. The van der Waals surface area contributed by atoms with Crippen molar-refractivity contribution < 1.29 is 79.0 Å². The smallest absolute Gasteiger partial charge is 0.232 e. The van der Waals surface area contributed by atoms with Crippen LogP contribution in [0.1, 0.15) is 60.8 Å². The molecule has 0 rings (SSSR count). The second-order valence-corrected chi connectivity index (χ2v) is 12.7. The molecule has 0 amide bonds. The lowest BCUT2D eigenvalue weighted by molar-refractivity contribution is -0.466. The molecular formula is C22H30F18P+. The summed E-state index contributed by atoms with van der Waals surface area (Å²) in [5.74, 6) is -61.2. The van der Waals surface area contributed by atoms with Gasteiger partial charge in [-0.3, -0.25) is 0 Å². The van der Waals surface area contributed by atoms with Gasteiger partial charge in [0.25, 0.3) is 0 Å². The largest absolute Gasteiger partial charge is 0.460 e. The molecule has 0 aliphatic heterocycles. The van der Waals surface area contributed by atoms with Gasteiger partial charge in [-0.2, -0.15) is 74.6 Å². The van der Waals surface area contributed by atoms with Crippen molar-refractivity contribution in [2.45, 2.75) is 119 Å². The minimum atomic E-state index is -8.75. The Morgan fingerprint density at radius 3 is 0.805 bits per heavy atom. The summed E-state index contributed by atoms with van der Waals surface area (Å²) in [6, 6.07) is 0. The second kappa shape index (κ2) is 11.3. The molecule has 0 aliphatic rings. The van der Waals surface area contributed by atoms with Crippen LogP contribution in [0.25, 0.3) is 0 Å². The molecule has 248 valence electrons. The maximum atomic E-state index is 16.5. The molecule has 0 aromatic rings. The number of hydrogen-bond acceptors (Lipinski definition) is 0. The molecule has 0 aliphatic carbocycles. The summed E-state index contributed by atoms with van der Waals surface area (Å²) in [6.45, 7) is 6.75. The highest BCUT2D eigenvalue weighted by molar-refractivity contribution is 7.19. The van der Waals surface area contributed by atoms with Crippen LogP contribution < -0.4 is 0 Å². The molecule has 0 heterocycles. The van der Waals surface area contributed by atoms with Crippen molar-refractivity contribution in [3.63, 3.8) is 0 Å². The molecule has 0 nitrogen and oxygen atoms in total. The fourth-order valence-corrected chi connectivity index (χ4v) is 6.14. The van der Waals surface area contributed by atoms with Crippen LogP contribution in [0.4, 0.5) is 79.0 Å². The molecular weight excluding hydrogens is 637 g/mol. The standard InChI is InChI=1S/C22H29F18P/c1-10(2)7-13(41,8-11(3)4)14(23,9-12(5)6)15(24,25)16(26,27)17(28,29)18(30,31)19(32,33)20(34,35)21(36,37)22(38,39)40/h10-12H,7-9,41H2,1-6H3/p+1. The van der Waals surface area contributed by atoms with E-state index in [0.29, 0.717) is 0 Å². The van der Waals surface area contributed by atoms with Crippen molar-refractivity contribution in [1.29, 1.82) is 0 Å². The van der Waals surface area contributed by atoms with Gasteiger partial charge in [-0.25, -0.2) is 4.39 Å². The van der Waals surface area contributed by atoms with Gasteiger partial charge in [0.15, 0.2) is 0 Å².